The van der Waals surface area contributed by atoms with Crippen LogP contribution in [0.25, 0.3) is 0 Å². The Labute approximate surface area is 169 Å². The highest BCUT2D eigenvalue weighted by molar-refractivity contribution is 5.83. The van der Waals surface area contributed by atoms with Crippen molar-refractivity contribution in [2.75, 3.05) is 32.8 Å². The highest BCUT2D eigenvalue weighted by Gasteiger charge is 2.34. The van der Waals surface area contributed by atoms with E-state index in [1.54, 1.807) is 12.4 Å². The predicted molar refractivity (Wildman–Crippen MR) is 105 cm³/mol. The normalized spacial score (nSPS) is 18.2. The van der Waals surface area contributed by atoms with Crippen LogP contribution in [-0.4, -0.2) is 69.2 Å². The number of amides is 2. The van der Waals surface area contributed by atoms with E-state index in [1.165, 1.54) is 6.92 Å². The molecule has 2 aromatic heterocycles. The number of rotatable bonds is 5. The summed E-state index contributed by atoms with van der Waals surface area (Å²) in [6, 6.07) is 5.43. The Hall–Kier alpha value is -2.78. The lowest BCUT2D eigenvalue weighted by atomic mass is 10.0. The minimum Gasteiger partial charge on any atom is -0.379 e. The number of nitrogens with zero attached hydrogens (tertiary/aromatic N) is 5. The quantitative estimate of drug-likeness (QED) is 0.780. The van der Waals surface area contributed by atoms with Gasteiger partial charge < -0.3 is 15.0 Å². The van der Waals surface area contributed by atoms with Gasteiger partial charge in [0.25, 0.3) is 0 Å². The van der Waals surface area contributed by atoms with Crippen LogP contribution in [0, 0.1) is 0 Å². The molecule has 0 radical (unpaired) electrons. The number of carbonyl (C=O) groups is 2. The number of nitrogens with one attached hydrogen (secondary N) is 1. The van der Waals surface area contributed by atoms with Gasteiger partial charge in [0, 0.05) is 39.0 Å². The molecule has 2 amide bonds. The Balaban J connectivity index is 1.52. The third kappa shape index (κ3) is 4.46. The Kier molecular flexibility index (Phi) is 5.86. The van der Waals surface area contributed by atoms with E-state index < -0.39 is 0 Å². The lowest BCUT2D eigenvalue weighted by molar-refractivity contribution is -0.140. The number of ether oxygens (including phenoxy) is 1. The first-order chi connectivity index (χ1) is 14.1. The van der Waals surface area contributed by atoms with Gasteiger partial charge in [-0.15, -0.1) is 0 Å². The van der Waals surface area contributed by atoms with Crippen LogP contribution in [0.2, 0.25) is 0 Å². The van der Waals surface area contributed by atoms with Crippen LogP contribution in [-0.2, 0) is 34.0 Å². The van der Waals surface area contributed by atoms with E-state index in [2.05, 4.69) is 20.3 Å². The second kappa shape index (κ2) is 8.71. The number of fused-ring (bicyclic) bond motifs is 1. The van der Waals surface area contributed by atoms with E-state index in [0.29, 0.717) is 39.4 Å². The molecular formula is C20H26N6O3. The van der Waals surface area contributed by atoms with E-state index in [1.807, 2.05) is 27.8 Å². The molecule has 4 rings (SSSR count). The first-order valence-electron chi connectivity index (χ1n) is 9.92. The van der Waals surface area contributed by atoms with Crippen molar-refractivity contribution in [2.45, 2.75) is 32.6 Å². The van der Waals surface area contributed by atoms with E-state index in [9.17, 15) is 9.59 Å². The SMILES string of the molecule is CC(=O)NCc1cc2n(n1)CCN(C(=O)C(c1cccnc1)N1CCOCC1)C2. The van der Waals surface area contributed by atoms with Gasteiger partial charge in [-0.3, -0.25) is 24.2 Å². The molecule has 1 fully saturated rings. The molecule has 0 bridgehead atoms. The van der Waals surface area contributed by atoms with Crippen molar-refractivity contribution in [1.29, 1.82) is 0 Å². The summed E-state index contributed by atoms with van der Waals surface area (Å²) < 4.78 is 7.40. The molecule has 2 aliphatic rings. The number of hydrogen-bond acceptors (Lipinski definition) is 6. The summed E-state index contributed by atoms with van der Waals surface area (Å²) in [4.78, 5) is 33.0. The van der Waals surface area contributed by atoms with Crippen molar-refractivity contribution in [2.24, 2.45) is 0 Å². The molecule has 0 saturated carbocycles. The molecule has 9 heteroatoms. The smallest absolute Gasteiger partial charge is 0.245 e. The summed E-state index contributed by atoms with van der Waals surface area (Å²) in [5.41, 5.74) is 2.70. The largest absolute Gasteiger partial charge is 0.379 e. The van der Waals surface area contributed by atoms with Gasteiger partial charge in [0.15, 0.2) is 0 Å². The summed E-state index contributed by atoms with van der Waals surface area (Å²) in [6.45, 7) is 6.34. The summed E-state index contributed by atoms with van der Waals surface area (Å²) in [7, 11) is 0. The zero-order valence-electron chi connectivity index (χ0n) is 16.6. The molecule has 1 unspecified atom stereocenters. The van der Waals surface area contributed by atoms with Gasteiger partial charge >= 0.3 is 0 Å². The van der Waals surface area contributed by atoms with Crippen molar-refractivity contribution in [3.05, 3.63) is 47.5 Å². The van der Waals surface area contributed by atoms with Gasteiger partial charge in [0.05, 0.1) is 44.2 Å². The average molecular weight is 398 g/mol. The Morgan fingerprint density at radius 3 is 2.79 bits per heavy atom. The molecule has 0 aliphatic carbocycles. The van der Waals surface area contributed by atoms with Crippen LogP contribution >= 0.6 is 0 Å². The fourth-order valence-electron chi connectivity index (χ4n) is 3.87. The third-order valence-electron chi connectivity index (χ3n) is 5.32. The monoisotopic (exact) mass is 398 g/mol. The Morgan fingerprint density at radius 1 is 1.24 bits per heavy atom. The molecule has 29 heavy (non-hydrogen) atoms. The molecule has 4 heterocycles. The Bertz CT molecular complexity index is 862. The average Bonchev–Trinajstić information content (AvgIpc) is 3.16. The zero-order valence-corrected chi connectivity index (χ0v) is 16.6. The van der Waals surface area contributed by atoms with Crippen LogP contribution in [0.3, 0.4) is 0 Å². The molecule has 1 saturated heterocycles. The first kappa shape index (κ1) is 19.5. The minimum atomic E-state index is -0.360. The third-order valence-corrected chi connectivity index (χ3v) is 5.32. The number of hydrogen-bond donors (Lipinski definition) is 1. The van der Waals surface area contributed by atoms with Crippen molar-refractivity contribution < 1.29 is 14.3 Å². The molecule has 0 spiro atoms. The fourth-order valence-corrected chi connectivity index (χ4v) is 3.87. The van der Waals surface area contributed by atoms with Crippen molar-refractivity contribution in [1.82, 2.24) is 29.9 Å². The fraction of sp³-hybridized carbons (Fsp3) is 0.500. The number of aromatic nitrogens is 3. The maximum atomic E-state index is 13.6. The van der Waals surface area contributed by atoms with Crippen molar-refractivity contribution in [3.63, 3.8) is 0 Å². The highest BCUT2D eigenvalue weighted by atomic mass is 16.5. The molecule has 0 aromatic carbocycles. The van der Waals surface area contributed by atoms with Crippen LogP contribution < -0.4 is 5.32 Å². The van der Waals surface area contributed by atoms with Gasteiger partial charge in [0.2, 0.25) is 11.8 Å². The standard InChI is InChI=1S/C20H26N6O3/c1-15(27)22-13-17-11-18-14-25(5-6-26(18)23-17)20(28)19(16-3-2-4-21-12-16)24-7-9-29-10-8-24/h2-4,11-12,19H,5-10,13-14H2,1H3,(H,22,27). The van der Waals surface area contributed by atoms with Crippen LogP contribution in [0.15, 0.2) is 30.6 Å². The van der Waals surface area contributed by atoms with Gasteiger partial charge in [-0.05, 0) is 17.7 Å². The number of pyridine rings is 1. The maximum Gasteiger partial charge on any atom is 0.245 e. The van der Waals surface area contributed by atoms with E-state index in [-0.39, 0.29) is 17.9 Å². The van der Waals surface area contributed by atoms with Gasteiger partial charge in [-0.25, -0.2) is 0 Å². The van der Waals surface area contributed by atoms with Crippen molar-refractivity contribution in [3.8, 4) is 0 Å². The molecule has 2 aliphatic heterocycles. The summed E-state index contributed by atoms with van der Waals surface area (Å²) >= 11 is 0. The molecule has 1 N–H and O–H groups in total. The van der Waals surface area contributed by atoms with E-state index in [4.69, 9.17) is 4.74 Å². The summed E-state index contributed by atoms with van der Waals surface area (Å²) in [6.07, 6.45) is 3.50. The van der Waals surface area contributed by atoms with Crippen LogP contribution in [0.1, 0.15) is 29.9 Å². The second-order valence-electron chi connectivity index (χ2n) is 7.36. The molecule has 154 valence electrons. The second-order valence-corrected chi connectivity index (χ2v) is 7.36. The van der Waals surface area contributed by atoms with Crippen LogP contribution in [0.4, 0.5) is 0 Å². The van der Waals surface area contributed by atoms with Crippen molar-refractivity contribution >= 4 is 11.8 Å². The molecule has 1 atom stereocenters. The summed E-state index contributed by atoms with van der Waals surface area (Å²) in [5, 5.41) is 7.30. The topological polar surface area (TPSA) is 92.6 Å². The first-order valence-corrected chi connectivity index (χ1v) is 9.92. The predicted octanol–water partition coefficient (Wildman–Crippen LogP) is 0.330. The van der Waals surface area contributed by atoms with E-state index >= 15 is 0 Å². The maximum absolute atomic E-state index is 13.6. The lowest BCUT2D eigenvalue weighted by Gasteiger charge is -2.37. The number of carbonyl (C=O) groups excluding carboxylic acids is 2. The molecule has 9 nitrogen and oxygen atoms in total. The Morgan fingerprint density at radius 2 is 2.07 bits per heavy atom. The van der Waals surface area contributed by atoms with Crippen LogP contribution in [0.5, 0.6) is 0 Å². The van der Waals surface area contributed by atoms with Gasteiger partial charge in [-0.2, -0.15) is 5.10 Å². The summed E-state index contributed by atoms with van der Waals surface area (Å²) in [5.74, 6) is -0.00615. The highest BCUT2D eigenvalue weighted by Crippen LogP contribution is 2.26. The molecular weight excluding hydrogens is 372 g/mol. The van der Waals surface area contributed by atoms with E-state index in [0.717, 1.165) is 30.0 Å². The molecule has 2 aromatic rings. The lowest BCUT2D eigenvalue weighted by Crippen LogP contribution is -2.48. The van der Waals surface area contributed by atoms with Gasteiger partial charge in [-0.1, -0.05) is 6.07 Å². The zero-order chi connectivity index (χ0) is 20.2. The van der Waals surface area contributed by atoms with Gasteiger partial charge in [0.1, 0.15) is 6.04 Å². The number of morpholine rings is 1. The minimum absolute atomic E-state index is 0.0794.